The van der Waals surface area contributed by atoms with E-state index < -0.39 is 22.0 Å². The summed E-state index contributed by atoms with van der Waals surface area (Å²) in [4.78, 5) is 29.2. The van der Waals surface area contributed by atoms with Gasteiger partial charge < -0.3 is 15.0 Å². The topological polar surface area (TPSA) is 120 Å². The van der Waals surface area contributed by atoms with Crippen molar-refractivity contribution in [2.45, 2.75) is 17.5 Å². The highest BCUT2D eigenvalue weighted by Gasteiger charge is 2.31. The fourth-order valence-electron chi connectivity index (χ4n) is 3.80. The zero-order valence-corrected chi connectivity index (χ0v) is 19.6. The summed E-state index contributed by atoms with van der Waals surface area (Å²) in [7, 11) is -4.13. The normalized spacial score (nSPS) is 12.4. The minimum absolute atomic E-state index is 0.0393. The Balaban J connectivity index is 1.69. The molecule has 0 saturated carbocycles. The van der Waals surface area contributed by atoms with E-state index in [1.54, 1.807) is 30.3 Å². The highest BCUT2D eigenvalue weighted by Crippen LogP contribution is 2.23. The molecule has 8 nitrogen and oxygen atoms in total. The molecule has 4 rings (SSSR count). The number of sulfonamides is 1. The predicted octanol–water partition coefficient (Wildman–Crippen LogP) is 2.57. The molecule has 9 heteroatoms. The lowest BCUT2D eigenvalue weighted by atomic mass is 10.1. The van der Waals surface area contributed by atoms with Crippen molar-refractivity contribution in [2.75, 3.05) is 13.2 Å². The average Bonchev–Trinajstić information content (AvgIpc) is 2.87. The van der Waals surface area contributed by atoms with E-state index in [1.807, 2.05) is 30.3 Å². The molecule has 0 fully saturated rings. The second-order valence-corrected chi connectivity index (χ2v) is 9.72. The number of aromatic amines is 1. The fourth-order valence-corrected chi connectivity index (χ4v) is 5.02. The van der Waals surface area contributed by atoms with E-state index in [1.165, 1.54) is 35.2 Å². The van der Waals surface area contributed by atoms with Crippen LogP contribution in [0.2, 0.25) is 0 Å². The summed E-state index contributed by atoms with van der Waals surface area (Å²) in [6, 6.07) is 23.8. The Kier molecular flexibility index (Phi) is 7.40. The number of aliphatic hydroxyl groups is 1. The Morgan fingerprint density at radius 2 is 1.63 bits per heavy atom. The van der Waals surface area contributed by atoms with E-state index in [0.717, 1.165) is 5.56 Å². The van der Waals surface area contributed by atoms with E-state index in [9.17, 15) is 23.1 Å². The number of carbonyl (C=O) groups is 1. The van der Waals surface area contributed by atoms with Crippen LogP contribution in [0.25, 0.3) is 10.9 Å². The molecular weight excluding hydrogens is 466 g/mol. The molecule has 1 aromatic heterocycles. The molecule has 1 unspecified atom stereocenters. The van der Waals surface area contributed by atoms with E-state index >= 15 is 0 Å². The van der Waals surface area contributed by atoms with Gasteiger partial charge in [0.25, 0.3) is 0 Å². The van der Waals surface area contributed by atoms with Gasteiger partial charge in [-0.1, -0.05) is 60.7 Å². The molecule has 0 aliphatic heterocycles. The lowest BCUT2D eigenvalue weighted by molar-refractivity contribution is -0.134. The molecular formula is C26H25N3O5S. The first-order valence-electron chi connectivity index (χ1n) is 11.0. The van der Waals surface area contributed by atoms with Gasteiger partial charge in [-0.05, 0) is 40.8 Å². The third-order valence-corrected chi connectivity index (χ3v) is 6.98. The third-order valence-electron chi connectivity index (χ3n) is 5.56. The van der Waals surface area contributed by atoms with E-state index in [2.05, 4.69) is 9.71 Å². The van der Waals surface area contributed by atoms with Crippen LogP contribution in [-0.4, -0.2) is 42.5 Å². The molecule has 180 valence electrons. The quantitative estimate of drug-likeness (QED) is 0.332. The van der Waals surface area contributed by atoms with Gasteiger partial charge in [0.2, 0.25) is 21.5 Å². The van der Waals surface area contributed by atoms with Gasteiger partial charge >= 0.3 is 0 Å². The Hall–Kier alpha value is -3.79. The van der Waals surface area contributed by atoms with Gasteiger partial charge in [0, 0.05) is 24.7 Å². The summed E-state index contributed by atoms with van der Waals surface area (Å²) < 4.78 is 29.3. The van der Waals surface area contributed by atoms with Crippen LogP contribution in [0.4, 0.5) is 0 Å². The molecule has 0 spiro atoms. The highest BCUT2D eigenvalue weighted by molar-refractivity contribution is 7.89. The van der Waals surface area contributed by atoms with E-state index in [-0.39, 0.29) is 30.2 Å². The van der Waals surface area contributed by atoms with Crippen LogP contribution in [0.5, 0.6) is 0 Å². The maximum atomic E-state index is 13.6. The lowest BCUT2D eigenvalue weighted by Crippen LogP contribution is -2.43. The molecule has 0 aliphatic rings. The van der Waals surface area contributed by atoms with Crippen molar-refractivity contribution in [1.29, 1.82) is 0 Å². The first-order valence-corrected chi connectivity index (χ1v) is 12.5. The predicted molar refractivity (Wildman–Crippen MR) is 133 cm³/mol. The summed E-state index contributed by atoms with van der Waals surface area (Å²) in [5.74, 6) is -0.484. The lowest BCUT2D eigenvalue weighted by Gasteiger charge is -2.28. The van der Waals surface area contributed by atoms with Crippen LogP contribution in [-0.2, 0) is 21.4 Å². The fraction of sp³-hybridized carbons (Fsp3) is 0.154. The van der Waals surface area contributed by atoms with Crippen LogP contribution in [0.15, 0.2) is 101 Å². The Bertz CT molecular complexity index is 1470. The standard InChI is InChI=1S/C26H25N3O5S/c30-16-15-29(18-19-7-3-1-4-8-19)26(32)25(20-9-5-2-6-10-20)28-35(33,34)22-12-13-23-21(17-22)11-14-24(31)27-23/h1-14,17,25,28,30H,15-16,18H2,(H,27,31). The van der Waals surface area contributed by atoms with Crippen LogP contribution in [0, 0.1) is 0 Å². The van der Waals surface area contributed by atoms with Gasteiger partial charge in [0.1, 0.15) is 6.04 Å². The van der Waals surface area contributed by atoms with Gasteiger partial charge in [-0.2, -0.15) is 4.72 Å². The van der Waals surface area contributed by atoms with Crippen molar-refractivity contribution in [3.63, 3.8) is 0 Å². The monoisotopic (exact) mass is 491 g/mol. The molecule has 1 heterocycles. The molecule has 4 aromatic rings. The third kappa shape index (κ3) is 5.83. The SMILES string of the molecule is O=C(C(NS(=O)(=O)c1ccc2[nH]c(=O)ccc2c1)c1ccccc1)N(CCO)Cc1ccccc1. The summed E-state index contributed by atoms with van der Waals surface area (Å²) >= 11 is 0. The second kappa shape index (κ2) is 10.6. The van der Waals surface area contributed by atoms with Crippen LogP contribution < -0.4 is 10.3 Å². The number of benzene rings is 3. The summed E-state index contributed by atoms with van der Waals surface area (Å²) in [5.41, 5.74) is 1.54. The Morgan fingerprint density at radius 1 is 0.943 bits per heavy atom. The number of fused-ring (bicyclic) bond motifs is 1. The largest absolute Gasteiger partial charge is 0.395 e. The number of nitrogens with one attached hydrogen (secondary N) is 2. The number of aromatic nitrogens is 1. The molecule has 3 N–H and O–H groups in total. The zero-order valence-electron chi connectivity index (χ0n) is 18.8. The van der Waals surface area contributed by atoms with Crippen molar-refractivity contribution in [3.05, 3.63) is 112 Å². The maximum Gasteiger partial charge on any atom is 0.248 e. The van der Waals surface area contributed by atoms with E-state index in [4.69, 9.17) is 0 Å². The highest BCUT2D eigenvalue weighted by atomic mass is 32.2. The van der Waals surface area contributed by atoms with Crippen molar-refractivity contribution >= 4 is 26.8 Å². The molecule has 0 radical (unpaired) electrons. The number of amides is 1. The number of pyridine rings is 1. The average molecular weight is 492 g/mol. The summed E-state index contributed by atoms with van der Waals surface area (Å²) in [6.07, 6.45) is 0. The molecule has 35 heavy (non-hydrogen) atoms. The number of nitrogens with zero attached hydrogens (tertiary/aromatic N) is 1. The van der Waals surface area contributed by atoms with Crippen molar-refractivity contribution < 1.29 is 18.3 Å². The van der Waals surface area contributed by atoms with Gasteiger partial charge in [-0.3, -0.25) is 9.59 Å². The van der Waals surface area contributed by atoms with Crippen LogP contribution in [0.1, 0.15) is 17.2 Å². The van der Waals surface area contributed by atoms with Crippen molar-refractivity contribution in [1.82, 2.24) is 14.6 Å². The number of rotatable bonds is 9. The molecule has 1 atom stereocenters. The van der Waals surface area contributed by atoms with Gasteiger partial charge in [-0.15, -0.1) is 0 Å². The second-order valence-electron chi connectivity index (χ2n) is 8.01. The Labute approximate surface area is 202 Å². The zero-order chi connectivity index (χ0) is 24.8. The molecule has 0 saturated heterocycles. The van der Waals surface area contributed by atoms with Gasteiger partial charge in [-0.25, -0.2) is 8.42 Å². The first-order chi connectivity index (χ1) is 16.9. The first kappa shape index (κ1) is 24.3. The number of H-pyrrole nitrogens is 1. The number of carbonyl (C=O) groups excluding carboxylic acids is 1. The van der Waals surface area contributed by atoms with Crippen molar-refractivity contribution in [2.24, 2.45) is 0 Å². The molecule has 1 amide bonds. The molecule has 0 aliphatic carbocycles. The molecule has 3 aromatic carbocycles. The summed E-state index contributed by atoms with van der Waals surface area (Å²) in [5, 5.41) is 10.1. The maximum absolute atomic E-state index is 13.6. The number of hydrogen-bond acceptors (Lipinski definition) is 5. The smallest absolute Gasteiger partial charge is 0.248 e. The van der Waals surface area contributed by atoms with E-state index in [0.29, 0.717) is 16.5 Å². The number of aliphatic hydroxyl groups excluding tert-OH is 1. The minimum Gasteiger partial charge on any atom is -0.395 e. The van der Waals surface area contributed by atoms with Crippen LogP contribution in [0.3, 0.4) is 0 Å². The van der Waals surface area contributed by atoms with Gasteiger partial charge in [0.05, 0.1) is 11.5 Å². The van der Waals surface area contributed by atoms with Crippen LogP contribution >= 0.6 is 0 Å². The minimum atomic E-state index is -4.13. The number of hydrogen-bond donors (Lipinski definition) is 3. The molecule has 0 bridgehead atoms. The summed E-state index contributed by atoms with van der Waals surface area (Å²) in [6.45, 7) is -0.00747. The van der Waals surface area contributed by atoms with Crippen molar-refractivity contribution in [3.8, 4) is 0 Å². The van der Waals surface area contributed by atoms with Gasteiger partial charge in [0.15, 0.2) is 0 Å². The Morgan fingerprint density at radius 3 is 2.31 bits per heavy atom.